The van der Waals surface area contributed by atoms with Crippen molar-refractivity contribution in [1.29, 1.82) is 0 Å². The van der Waals surface area contributed by atoms with E-state index in [1.54, 1.807) is 12.0 Å². The quantitative estimate of drug-likeness (QED) is 0.205. The van der Waals surface area contributed by atoms with Crippen LogP contribution in [0.15, 0.2) is 58.9 Å². The first-order chi connectivity index (χ1) is 33.3. The Kier molecular flexibility index (Phi) is 11.7. The van der Waals surface area contributed by atoms with E-state index in [1.807, 2.05) is 16.8 Å². The van der Waals surface area contributed by atoms with Gasteiger partial charge in [-0.15, -0.1) is 0 Å². The van der Waals surface area contributed by atoms with Gasteiger partial charge in [-0.2, -0.15) is 0 Å². The van der Waals surface area contributed by atoms with Crippen LogP contribution in [0.1, 0.15) is 224 Å². The number of rotatable bonds is 4. The van der Waals surface area contributed by atoms with Gasteiger partial charge >= 0.3 is 0 Å². The molecule has 3 heteroatoms. The third-order valence-corrected chi connectivity index (χ3v) is 25.9. The number of nitrogens with zero attached hydrogens (tertiary/aromatic N) is 2. The topological polar surface area (TPSA) is 6.48 Å². The van der Waals surface area contributed by atoms with Gasteiger partial charge in [-0.25, -0.2) is 0 Å². The van der Waals surface area contributed by atoms with E-state index in [0.29, 0.717) is 52.5 Å². The van der Waals surface area contributed by atoms with E-state index in [4.69, 9.17) is 0 Å². The number of hydrogen-bond donors (Lipinski definition) is 0. The van der Waals surface area contributed by atoms with E-state index in [1.165, 1.54) is 141 Å². The van der Waals surface area contributed by atoms with Gasteiger partial charge in [0.25, 0.3) is 0 Å². The predicted octanol–water partition coefficient (Wildman–Crippen LogP) is 17.7. The summed E-state index contributed by atoms with van der Waals surface area (Å²) in [5.74, 6) is 11.4. The molecule has 8 fully saturated rings. The predicted molar refractivity (Wildman–Crippen MR) is 297 cm³/mol. The summed E-state index contributed by atoms with van der Waals surface area (Å²) in [6, 6.07) is 2.69. The molecular formula is C67H103BN2. The molecule has 13 aliphatic rings. The standard InChI is InChI=1S/C67H103BN2/c1-63(2,3)49-24-28-56(52(39-49)44-22-20-43(21-23-44)42-18-14-12-15-19-42)69-57-29-25-50(64(4,5)6)40-55(57)68-54-27-26-53(65(7,8)9)60-62(54)70(66(10,11)67(60)30-16-13-17-31-67)59-38-46(37-58(69)61(59)68)45-32-41-33-47-36-48(35-45)51(47)34-41/h20,24,26-27,29,35,41-42,44-47,50-56,58-62H,12-19,21-23,25,28,30-34,36-40H2,1-11H3. The van der Waals surface area contributed by atoms with Gasteiger partial charge in [-0.05, 0) is 227 Å². The van der Waals surface area contributed by atoms with E-state index in [-0.39, 0.29) is 16.4 Å². The van der Waals surface area contributed by atoms with Crippen LogP contribution in [0.25, 0.3) is 0 Å². The summed E-state index contributed by atoms with van der Waals surface area (Å²) in [4.78, 5) is 6.97. The highest BCUT2D eigenvalue weighted by molar-refractivity contribution is 6.66. The van der Waals surface area contributed by atoms with Crippen molar-refractivity contribution in [1.82, 2.24) is 9.80 Å². The summed E-state index contributed by atoms with van der Waals surface area (Å²) in [7, 11) is 0. The molecule has 384 valence electrons. The maximum absolute atomic E-state index is 3.51. The second-order valence-corrected chi connectivity index (χ2v) is 32.1. The van der Waals surface area contributed by atoms with Crippen molar-refractivity contribution in [3.63, 3.8) is 0 Å². The number of allylic oxidation sites excluding steroid dienone is 8. The second kappa shape index (κ2) is 17.0. The van der Waals surface area contributed by atoms with E-state index < -0.39 is 0 Å². The van der Waals surface area contributed by atoms with Crippen molar-refractivity contribution < 1.29 is 0 Å². The Balaban J connectivity index is 0.977. The molecule has 0 aromatic heterocycles. The summed E-state index contributed by atoms with van der Waals surface area (Å²) in [5.41, 5.74) is 8.99. The Morgan fingerprint density at radius 3 is 2.11 bits per heavy atom. The maximum atomic E-state index is 3.51. The molecule has 17 unspecified atom stereocenters. The van der Waals surface area contributed by atoms with Gasteiger partial charge in [0.1, 0.15) is 0 Å². The highest BCUT2D eigenvalue weighted by Crippen LogP contribution is 2.74. The summed E-state index contributed by atoms with van der Waals surface area (Å²) >= 11 is 0. The zero-order valence-corrected chi connectivity index (χ0v) is 47.1. The van der Waals surface area contributed by atoms with E-state index in [9.17, 15) is 0 Å². The highest BCUT2D eigenvalue weighted by atomic mass is 15.3. The Hall–Kier alpha value is -1.48. The summed E-state index contributed by atoms with van der Waals surface area (Å²) in [6.45, 7) is 29.9. The summed E-state index contributed by atoms with van der Waals surface area (Å²) in [6.07, 6.45) is 50.8. The average Bonchev–Trinajstić information content (AvgIpc) is 3.67. The van der Waals surface area contributed by atoms with Gasteiger partial charge in [0.05, 0.1) is 0 Å². The van der Waals surface area contributed by atoms with Gasteiger partial charge in [-0.3, -0.25) is 4.90 Å². The summed E-state index contributed by atoms with van der Waals surface area (Å²) in [5, 5.41) is 0. The van der Waals surface area contributed by atoms with Crippen molar-refractivity contribution in [3.05, 3.63) is 58.9 Å². The molecule has 0 amide bonds. The van der Waals surface area contributed by atoms with Crippen LogP contribution in [-0.4, -0.2) is 46.2 Å². The largest absolute Gasteiger partial charge is 0.369 e. The minimum Gasteiger partial charge on any atom is -0.369 e. The van der Waals surface area contributed by atoms with Crippen LogP contribution < -0.4 is 0 Å². The molecule has 3 heterocycles. The molecule has 70 heavy (non-hydrogen) atoms. The van der Waals surface area contributed by atoms with Crippen molar-refractivity contribution >= 4 is 6.71 Å². The molecule has 0 aromatic carbocycles. The van der Waals surface area contributed by atoms with E-state index >= 15 is 0 Å². The Morgan fingerprint density at radius 2 is 1.40 bits per heavy atom. The fourth-order valence-electron chi connectivity index (χ4n) is 22.5. The molecule has 0 radical (unpaired) electrons. The zero-order chi connectivity index (χ0) is 48.4. The van der Waals surface area contributed by atoms with Crippen LogP contribution in [0.2, 0.25) is 17.5 Å². The van der Waals surface area contributed by atoms with Crippen LogP contribution in [-0.2, 0) is 0 Å². The van der Waals surface area contributed by atoms with Crippen LogP contribution in [0.5, 0.6) is 0 Å². The Bertz CT molecular complexity index is 2170. The lowest BCUT2D eigenvalue weighted by molar-refractivity contribution is -0.0564. The lowest BCUT2D eigenvalue weighted by Gasteiger charge is -2.68. The fourth-order valence-corrected chi connectivity index (χ4v) is 22.5. The van der Waals surface area contributed by atoms with Gasteiger partial charge < -0.3 is 4.90 Å². The molecule has 2 bridgehead atoms. The molecule has 13 rings (SSSR count). The molecule has 2 nitrogen and oxygen atoms in total. The van der Waals surface area contributed by atoms with E-state index in [2.05, 4.69) is 122 Å². The van der Waals surface area contributed by atoms with Crippen LogP contribution in [0, 0.1) is 86.8 Å². The smallest absolute Gasteiger partial charge is 0.166 e. The van der Waals surface area contributed by atoms with E-state index in [0.717, 1.165) is 71.7 Å². The van der Waals surface area contributed by atoms with Gasteiger partial charge in [-0.1, -0.05) is 154 Å². The first-order valence-electron chi connectivity index (χ1n) is 31.4. The van der Waals surface area contributed by atoms with Crippen molar-refractivity contribution in [2.45, 2.75) is 271 Å². The molecule has 0 aromatic rings. The Labute approximate surface area is 431 Å². The molecule has 1 spiro atoms. The number of hydrogen-bond acceptors (Lipinski definition) is 2. The number of fused-ring (bicyclic) bond motifs is 6. The van der Waals surface area contributed by atoms with Crippen molar-refractivity contribution in [2.24, 2.45) is 86.8 Å². The lowest BCUT2D eigenvalue weighted by Crippen LogP contribution is -2.72. The lowest BCUT2D eigenvalue weighted by atomic mass is 9.19. The third-order valence-electron chi connectivity index (χ3n) is 25.9. The van der Waals surface area contributed by atoms with Gasteiger partial charge in [0, 0.05) is 35.4 Å². The van der Waals surface area contributed by atoms with Gasteiger partial charge in [0.2, 0.25) is 0 Å². The Morgan fingerprint density at radius 1 is 0.643 bits per heavy atom. The minimum atomic E-state index is 0.213. The first-order valence-corrected chi connectivity index (χ1v) is 31.4. The molecule has 5 saturated carbocycles. The summed E-state index contributed by atoms with van der Waals surface area (Å²) < 4.78 is 0. The highest BCUT2D eigenvalue weighted by Gasteiger charge is 2.75. The monoisotopic (exact) mass is 947 g/mol. The van der Waals surface area contributed by atoms with Crippen molar-refractivity contribution in [2.75, 3.05) is 0 Å². The first kappa shape index (κ1) is 48.2. The van der Waals surface area contributed by atoms with Crippen molar-refractivity contribution in [3.8, 4) is 0 Å². The van der Waals surface area contributed by atoms with Crippen LogP contribution >= 0.6 is 0 Å². The maximum Gasteiger partial charge on any atom is 0.166 e. The van der Waals surface area contributed by atoms with Gasteiger partial charge in [0.15, 0.2) is 6.71 Å². The minimum absolute atomic E-state index is 0.213. The van der Waals surface area contributed by atoms with Crippen LogP contribution in [0.3, 0.4) is 0 Å². The molecule has 10 aliphatic carbocycles. The normalized spacial score (nSPS) is 45.4. The molecule has 0 N–H and O–H groups in total. The van der Waals surface area contributed by atoms with Crippen LogP contribution in [0.4, 0.5) is 0 Å². The fraction of sp³-hybridized carbons (Fsp3) is 0.851. The average molecular weight is 947 g/mol. The molecular weight excluding hydrogens is 844 g/mol. The SMILES string of the molecule is CC(C)(C)C1=CCC(N2C3=CCC(C(C)(C)C)CC3B3C4C=CC(C(C)(C)C)C5C4N(C4CC(C6C=C7CC8CC(C6)CC78)CC2C34)C(C)(C)C52CCCCC2)C(C2CC=C(C3CCCCC3)CC2)C1. The third kappa shape index (κ3) is 7.40. The molecule has 17 atom stereocenters. The molecule has 3 aliphatic heterocycles. The molecule has 3 saturated heterocycles. The second-order valence-electron chi connectivity index (χ2n) is 32.1. The zero-order valence-electron chi connectivity index (χ0n) is 47.1.